The number of phenolic OH excluding ortho intramolecular Hbond substituents is 1. The summed E-state index contributed by atoms with van der Waals surface area (Å²) in [6, 6.07) is 0. The highest BCUT2D eigenvalue weighted by atomic mass is 35.5. The van der Waals surface area contributed by atoms with Crippen molar-refractivity contribution < 1.29 is 9.84 Å². The minimum absolute atomic E-state index is 0.0207. The molecule has 0 fully saturated rings. The fourth-order valence-corrected chi connectivity index (χ4v) is 1.84. The van der Waals surface area contributed by atoms with Crippen LogP contribution in [0.25, 0.3) is 10.9 Å². The number of methoxy groups -OCH3 is 1. The average molecular weight is 261 g/mol. The van der Waals surface area contributed by atoms with Crippen LogP contribution in [0.5, 0.6) is 11.5 Å². The van der Waals surface area contributed by atoms with Gasteiger partial charge < -0.3 is 14.8 Å². The van der Waals surface area contributed by atoms with Crippen LogP contribution >= 0.6 is 23.2 Å². The van der Waals surface area contributed by atoms with Gasteiger partial charge in [-0.2, -0.15) is 0 Å². The largest absolute Gasteiger partial charge is 0.504 e. The number of nitrogens with zero attached hydrogens (tertiary/aromatic N) is 1. The molecular formula is C9H6Cl2N2O3. The van der Waals surface area contributed by atoms with E-state index in [1.807, 2.05) is 0 Å². The molecular weight excluding hydrogens is 255 g/mol. The molecule has 2 N–H and O–H groups in total. The average Bonchev–Trinajstić information content (AvgIpc) is 2.28. The molecule has 7 heteroatoms. The summed E-state index contributed by atoms with van der Waals surface area (Å²) in [5.41, 5.74) is -0.411. The molecule has 16 heavy (non-hydrogen) atoms. The number of benzene rings is 1. The minimum Gasteiger partial charge on any atom is -0.504 e. The van der Waals surface area contributed by atoms with Crippen LogP contribution < -0.4 is 10.3 Å². The van der Waals surface area contributed by atoms with Crippen molar-refractivity contribution in [3.05, 3.63) is 26.7 Å². The lowest BCUT2D eigenvalue weighted by atomic mass is 10.2. The molecule has 0 amide bonds. The monoisotopic (exact) mass is 260 g/mol. The number of hydrogen-bond donors (Lipinski definition) is 2. The van der Waals surface area contributed by atoms with E-state index < -0.39 is 5.56 Å². The zero-order valence-electron chi connectivity index (χ0n) is 8.04. The third-order valence-corrected chi connectivity index (χ3v) is 2.93. The van der Waals surface area contributed by atoms with E-state index >= 15 is 0 Å². The Hall–Kier alpha value is -1.46. The fourth-order valence-electron chi connectivity index (χ4n) is 1.40. The van der Waals surface area contributed by atoms with Gasteiger partial charge in [0.1, 0.15) is 20.9 Å². The Balaban J connectivity index is 3.11. The summed E-state index contributed by atoms with van der Waals surface area (Å²) in [5.74, 6) is -0.248. The second-order valence-corrected chi connectivity index (χ2v) is 3.72. The number of fused-ring (bicyclic) bond motifs is 1. The molecule has 0 aliphatic heterocycles. The van der Waals surface area contributed by atoms with Crippen LogP contribution in [0.2, 0.25) is 10.0 Å². The highest BCUT2D eigenvalue weighted by Crippen LogP contribution is 2.43. The Labute approximate surface area is 99.6 Å². The van der Waals surface area contributed by atoms with E-state index in [-0.39, 0.29) is 32.4 Å². The number of rotatable bonds is 1. The molecule has 1 aromatic carbocycles. The standard InChI is InChI=1S/C9H6Cl2N2O3/c1-16-8-3-6(12-2-13-9(3)15)7(14)4(10)5(8)11/h2,14H,1H3,(H,12,13,15). The van der Waals surface area contributed by atoms with Crippen LogP contribution in [0, 0.1) is 0 Å². The van der Waals surface area contributed by atoms with Gasteiger partial charge in [-0.05, 0) is 0 Å². The number of aromatic nitrogens is 2. The van der Waals surface area contributed by atoms with Crippen molar-refractivity contribution in [3.8, 4) is 11.5 Å². The summed E-state index contributed by atoms with van der Waals surface area (Å²) in [7, 11) is 1.35. The van der Waals surface area contributed by atoms with Crippen LogP contribution in [-0.2, 0) is 0 Å². The van der Waals surface area contributed by atoms with E-state index in [0.717, 1.165) is 6.33 Å². The van der Waals surface area contributed by atoms with E-state index in [0.29, 0.717) is 0 Å². The second kappa shape index (κ2) is 3.84. The van der Waals surface area contributed by atoms with Crippen LogP contribution in [-0.4, -0.2) is 22.2 Å². The SMILES string of the molecule is COc1c(Cl)c(Cl)c(O)c2nc[nH]c(=O)c12. The molecule has 0 spiro atoms. The first-order chi connectivity index (χ1) is 7.57. The zero-order valence-corrected chi connectivity index (χ0v) is 9.56. The zero-order chi connectivity index (χ0) is 11.9. The third-order valence-electron chi connectivity index (χ3n) is 2.11. The maximum Gasteiger partial charge on any atom is 0.262 e. The fraction of sp³-hybridized carbons (Fsp3) is 0.111. The van der Waals surface area contributed by atoms with Crippen molar-refractivity contribution in [2.45, 2.75) is 0 Å². The number of nitrogens with one attached hydrogen (secondary N) is 1. The second-order valence-electron chi connectivity index (χ2n) is 2.97. The molecule has 84 valence electrons. The molecule has 0 bridgehead atoms. The van der Waals surface area contributed by atoms with Gasteiger partial charge in [-0.3, -0.25) is 4.79 Å². The number of aromatic hydroxyl groups is 1. The Kier molecular flexibility index (Phi) is 2.65. The van der Waals surface area contributed by atoms with E-state index in [4.69, 9.17) is 27.9 Å². The number of H-pyrrole nitrogens is 1. The van der Waals surface area contributed by atoms with E-state index in [9.17, 15) is 9.90 Å². The summed E-state index contributed by atoms with van der Waals surface area (Å²) in [6.07, 6.45) is 1.16. The van der Waals surface area contributed by atoms with Gasteiger partial charge in [-0.25, -0.2) is 4.98 Å². The highest BCUT2D eigenvalue weighted by molar-refractivity contribution is 6.45. The van der Waals surface area contributed by atoms with Crippen molar-refractivity contribution in [2.24, 2.45) is 0 Å². The summed E-state index contributed by atoms with van der Waals surface area (Å²) in [5, 5.41) is 9.65. The first-order valence-corrected chi connectivity index (χ1v) is 4.94. The van der Waals surface area contributed by atoms with Gasteiger partial charge in [0, 0.05) is 0 Å². The number of phenols is 1. The Bertz CT molecular complexity index is 624. The molecule has 0 radical (unpaired) electrons. The summed E-state index contributed by atoms with van der Waals surface area (Å²) in [6.45, 7) is 0. The van der Waals surface area contributed by atoms with Gasteiger partial charge >= 0.3 is 0 Å². The summed E-state index contributed by atoms with van der Waals surface area (Å²) >= 11 is 11.6. The lowest BCUT2D eigenvalue weighted by Gasteiger charge is -2.09. The predicted molar refractivity (Wildman–Crippen MR) is 60.6 cm³/mol. The normalized spacial score (nSPS) is 10.7. The van der Waals surface area contributed by atoms with Crippen molar-refractivity contribution >= 4 is 34.1 Å². The molecule has 2 aromatic rings. The van der Waals surface area contributed by atoms with Crippen LogP contribution in [0.4, 0.5) is 0 Å². The maximum atomic E-state index is 11.6. The van der Waals surface area contributed by atoms with Crippen molar-refractivity contribution in [1.82, 2.24) is 9.97 Å². The topological polar surface area (TPSA) is 75.2 Å². The van der Waals surface area contributed by atoms with Crippen LogP contribution in [0.15, 0.2) is 11.1 Å². The third kappa shape index (κ3) is 1.40. The Morgan fingerprint density at radius 3 is 2.75 bits per heavy atom. The molecule has 2 rings (SSSR count). The molecule has 0 atom stereocenters. The predicted octanol–water partition coefficient (Wildman–Crippen LogP) is 1.94. The van der Waals surface area contributed by atoms with E-state index in [1.165, 1.54) is 7.11 Å². The molecule has 1 aromatic heterocycles. The minimum atomic E-state index is -0.462. The first kappa shape index (κ1) is 11.0. The van der Waals surface area contributed by atoms with Crippen molar-refractivity contribution in [3.63, 3.8) is 0 Å². The van der Waals surface area contributed by atoms with Gasteiger partial charge in [0.05, 0.1) is 13.4 Å². The number of aromatic amines is 1. The molecule has 5 nitrogen and oxygen atoms in total. The van der Waals surface area contributed by atoms with Crippen LogP contribution in [0.3, 0.4) is 0 Å². The molecule has 1 heterocycles. The molecule has 0 saturated heterocycles. The van der Waals surface area contributed by atoms with Gasteiger partial charge in [0.2, 0.25) is 0 Å². The van der Waals surface area contributed by atoms with Crippen molar-refractivity contribution in [2.75, 3.05) is 7.11 Å². The Morgan fingerprint density at radius 2 is 2.12 bits per heavy atom. The van der Waals surface area contributed by atoms with Gasteiger partial charge in [-0.1, -0.05) is 23.2 Å². The number of hydrogen-bond acceptors (Lipinski definition) is 4. The lowest BCUT2D eigenvalue weighted by molar-refractivity contribution is 0.418. The van der Waals surface area contributed by atoms with E-state index in [2.05, 4.69) is 9.97 Å². The maximum absolute atomic E-state index is 11.6. The molecule has 0 saturated carbocycles. The number of ether oxygens (including phenoxy) is 1. The Morgan fingerprint density at radius 1 is 1.44 bits per heavy atom. The molecule has 0 aliphatic carbocycles. The lowest BCUT2D eigenvalue weighted by Crippen LogP contribution is -2.08. The van der Waals surface area contributed by atoms with Gasteiger partial charge in [0.15, 0.2) is 11.5 Å². The van der Waals surface area contributed by atoms with Crippen LogP contribution in [0.1, 0.15) is 0 Å². The summed E-state index contributed by atoms with van der Waals surface area (Å²) < 4.78 is 4.99. The smallest absolute Gasteiger partial charge is 0.262 e. The molecule has 0 aliphatic rings. The van der Waals surface area contributed by atoms with E-state index in [1.54, 1.807) is 0 Å². The van der Waals surface area contributed by atoms with Gasteiger partial charge in [-0.15, -0.1) is 0 Å². The van der Waals surface area contributed by atoms with Gasteiger partial charge in [0.25, 0.3) is 5.56 Å². The molecule has 0 unspecified atom stereocenters. The highest BCUT2D eigenvalue weighted by Gasteiger charge is 2.20. The number of halogens is 2. The van der Waals surface area contributed by atoms with Crippen molar-refractivity contribution in [1.29, 1.82) is 0 Å². The summed E-state index contributed by atoms with van der Waals surface area (Å²) in [4.78, 5) is 17.8. The first-order valence-electron chi connectivity index (χ1n) is 4.19. The quantitative estimate of drug-likeness (QED) is 0.822.